The summed E-state index contributed by atoms with van der Waals surface area (Å²) in [6, 6.07) is 3.85. The maximum absolute atomic E-state index is 12.3. The van der Waals surface area contributed by atoms with Gasteiger partial charge in [-0.25, -0.2) is 4.45 Å². The van der Waals surface area contributed by atoms with Crippen LogP contribution >= 0.6 is 28.4 Å². The minimum atomic E-state index is -4.79. The molecule has 0 saturated heterocycles. The molecule has 0 aliphatic carbocycles. The number of hydrogen-bond donors (Lipinski definition) is 0. The van der Waals surface area contributed by atoms with Crippen LogP contribution in [0.1, 0.15) is 21.5 Å². The number of carbonyl (C=O) groups is 1. The Morgan fingerprint density at radius 1 is 1.33 bits per heavy atom. The Hall–Kier alpha value is -1.15. The monoisotopic (exact) mass is 428 g/mol. The van der Waals surface area contributed by atoms with Crippen LogP contribution in [0.4, 0.5) is 13.2 Å². The normalized spacial score (nSPS) is 12.0. The summed E-state index contributed by atoms with van der Waals surface area (Å²) in [4.78, 5) is 10.8. The predicted octanol–water partition coefficient (Wildman–Crippen LogP) is 3.98. The molecule has 1 atom stereocenters. The lowest BCUT2D eigenvalue weighted by Gasteiger charge is -2.10. The molecule has 0 bridgehead atoms. The molecule has 0 aliphatic rings. The number of rotatable bonds is 5. The minimum Gasteiger partial charge on any atom is -0.406 e. The van der Waals surface area contributed by atoms with Crippen molar-refractivity contribution in [1.29, 1.82) is 0 Å². The summed E-state index contributed by atoms with van der Waals surface area (Å²) in [6.45, 7) is 0. The highest BCUT2D eigenvalue weighted by Crippen LogP contribution is 2.27. The van der Waals surface area contributed by atoms with E-state index in [1.54, 1.807) is 10.6 Å². The van der Waals surface area contributed by atoms with Gasteiger partial charge >= 0.3 is 6.36 Å². The lowest BCUT2D eigenvalue weighted by Crippen LogP contribution is -2.17. The number of nitrogens with zero attached hydrogens (tertiary/aromatic N) is 2. The molecule has 0 amide bonds. The Labute approximate surface area is 133 Å². The Balaban J connectivity index is 2.25. The molecule has 112 valence electrons. The van der Waals surface area contributed by atoms with E-state index in [1.165, 1.54) is 12.1 Å². The molecule has 0 aliphatic heterocycles. The first-order valence-electron chi connectivity index (χ1n) is 5.65. The first-order valence-corrected chi connectivity index (χ1v) is 9.71. The van der Waals surface area contributed by atoms with Crippen LogP contribution in [0.15, 0.2) is 30.6 Å². The van der Waals surface area contributed by atoms with E-state index >= 15 is 0 Å². The van der Waals surface area contributed by atoms with E-state index in [1.807, 2.05) is 6.20 Å². The van der Waals surface area contributed by atoms with Crippen molar-refractivity contribution in [2.45, 2.75) is 12.8 Å². The summed E-state index contributed by atoms with van der Waals surface area (Å²) in [5.74, 6) is -0.398. The number of alkyl halides is 3. The van der Waals surface area contributed by atoms with Gasteiger partial charge in [0, 0.05) is 18.2 Å². The van der Waals surface area contributed by atoms with E-state index in [0.717, 1.165) is 11.6 Å². The van der Waals surface area contributed by atoms with Crippen LogP contribution < -0.4 is 4.74 Å². The number of carbonyl (C=O) groups excluding carboxylic acids is 1. The molecule has 4 nitrogen and oxygen atoms in total. The van der Waals surface area contributed by atoms with Crippen molar-refractivity contribution in [1.82, 2.24) is 9.55 Å². The lowest BCUT2D eigenvalue weighted by molar-refractivity contribution is -0.274. The number of aromatic nitrogens is 2. The highest BCUT2D eigenvalue weighted by atomic mass is 127. The summed E-state index contributed by atoms with van der Waals surface area (Å²) < 4.78 is 42.4. The summed E-state index contributed by atoms with van der Waals surface area (Å²) in [7, 11) is 0. The fourth-order valence-corrected chi connectivity index (χ4v) is 2.89. The van der Waals surface area contributed by atoms with Crippen molar-refractivity contribution < 1.29 is 22.7 Å². The highest BCUT2D eigenvalue weighted by Gasteiger charge is 2.31. The van der Waals surface area contributed by atoms with E-state index in [-0.39, 0.29) is 5.56 Å². The minimum absolute atomic E-state index is 0.134. The summed E-state index contributed by atoms with van der Waals surface area (Å²) in [5, 5.41) is 4.10. The standard InChI is InChI=1S/C12H9F3IN2O2P/c13-12(14,15)20-11-3-8(1-9(4-11)7-19)2-10-5-17-18(6-10)21-16/h1,3-7,21H,2H2. The second-order valence-corrected chi connectivity index (χ2v) is 6.20. The van der Waals surface area contributed by atoms with E-state index < -0.39 is 12.1 Å². The molecule has 2 aromatic rings. The summed E-state index contributed by atoms with van der Waals surface area (Å²) >= 11 is 2.17. The summed E-state index contributed by atoms with van der Waals surface area (Å²) in [6.07, 6.45) is -0.0292. The molecule has 0 radical (unpaired) electrons. The molecular formula is C12H9F3IN2O2P. The van der Waals surface area contributed by atoms with Crippen molar-refractivity contribution in [3.63, 3.8) is 0 Å². The second kappa shape index (κ2) is 6.74. The third-order valence-electron chi connectivity index (χ3n) is 2.49. The Morgan fingerprint density at radius 2 is 2.10 bits per heavy atom. The number of ether oxygens (including phenoxy) is 1. The van der Waals surface area contributed by atoms with Crippen molar-refractivity contribution in [2.24, 2.45) is 0 Å². The topological polar surface area (TPSA) is 44.1 Å². The molecule has 2 rings (SSSR count). The molecule has 0 N–H and O–H groups in total. The third-order valence-corrected chi connectivity index (χ3v) is 4.39. The van der Waals surface area contributed by atoms with Gasteiger partial charge in [-0.2, -0.15) is 5.10 Å². The number of halogens is 4. The smallest absolute Gasteiger partial charge is 0.406 e. The molecule has 0 spiro atoms. The van der Waals surface area contributed by atoms with Crippen LogP contribution in [0, 0.1) is 0 Å². The second-order valence-electron chi connectivity index (χ2n) is 4.13. The van der Waals surface area contributed by atoms with Gasteiger partial charge < -0.3 is 4.74 Å². The average molecular weight is 428 g/mol. The predicted molar refractivity (Wildman–Crippen MR) is 81.3 cm³/mol. The molecule has 0 saturated carbocycles. The fourth-order valence-electron chi connectivity index (χ4n) is 1.78. The Morgan fingerprint density at radius 3 is 2.67 bits per heavy atom. The van der Waals surface area contributed by atoms with Gasteiger partial charge in [0.25, 0.3) is 0 Å². The summed E-state index contributed by atoms with van der Waals surface area (Å²) in [5.41, 5.74) is 1.53. The zero-order chi connectivity index (χ0) is 15.5. The van der Waals surface area contributed by atoms with E-state index in [2.05, 4.69) is 31.9 Å². The van der Waals surface area contributed by atoms with Crippen molar-refractivity contribution in [2.75, 3.05) is 0 Å². The zero-order valence-electron chi connectivity index (χ0n) is 10.4. The van der Waals surface area contributed by atoms with Gasteiger partial charge in [0.05, 0.1) is 12.6 Å². The Bertz CT molecular complexity index is 646. The molecule has 21 heavy (non-hydrogen) atoms. The highest BCUT2D eigenvalue weighted by molar-refractivity contribution is 14.2. The molecule has 9 heteroatoms. The van der Waals surface area contributed by atoms with Gasteiger partial charge in [-0.05, 0) is 51.4 Å². The molecule has 1 aromatic carbocycles. The van der Waals surface area contributed by atoms with Crippen LogP contribution in [0.5, 0.6) is 5.75 Å². The van der Waals surface area contributed by atoms with Gasteiger partial charge in [-0.15, -0.1) is 13.2 Å². The van der Waals surface area contributed by atoms with E-state index in [0.29, 0.717) is 24.6 Å². The maximum atomic E-state index is 12.3. The third kappa shape index (κ3) is 4.96. The van der Waals surface area contributed by atoms with E-state index in [9.17, 15) is 18.0 Å². The van der Waals surface area contributed by atoms with Gasteiger partial charge in [0.2, 0.25) is 0 Å². The Kier molecular flexibility index (Phi) is 5.21. The number of hydrogen-bond acceptors (Lipinski definition) is 3. The van der Waals surface area contributed by atoms with Crippen LogP contribution in [0.3, 0.4) is 0 Å². The molecule has 0 fully saturated rings. The average Bonchev–Trinajstić information content (AvgIpc) is 2.84. The number of aldehydes is 1. The van der Waals surface area contributed by atoms with Crippen molar-refractivity contribution in [3.8, 4) is 5.75 Å². The van der Waals surface area contributed by atoms with E-state index in [4.69, 9.17) is 0 Å². The first kappa shape index (κ1) is 16.2. The zero-order valence-corrected chi connectivity index (χ0v) is 13.6. The largest absolute Gasteiger partial charge is 0.573 e. The van der Waals surface area contributed by atoms with Crippen molar-refractivity contribution in [3.05, 3.63) is 47.3 Å². The van der Waals surface area contributed by atoms with Crippen LogP contribution in [-0.4, -0.2) is 22.2 Å². The van der Waals surface area contributed by atoms with Crippen molar-refractivity contribution >= 4 is 34.7 Å². The maximum Gasteiger partial charge on any atom is 0.573 e. The van der Waals surface area contributed by atoms with Crippen LogP contribution in [0.25, 0.3) is 0 Å². The molecule has 1 unspecified atom stereocenters. The molecule has 1 heterocycles. The number of benzene rings is 1. The van der Waals surface area contributed by atoms with Gasteiger partial charge in [-0.1, -0.05) is 0 Å². The van der Waals surface area contributed by atoms with Gasteiger partial charge in [-0.3, -0.25) is 4.79 Å². The van der Waals surface area contributed by atoms with Gasteiger partial charge in [0.1, 0.15) is 12.0 Å². The first-order chi connectivity index (χ1) is 9.89. The SMILES string of the molecule is O=Cc1cc(Cc2cnn(PI)c2)cc(OC(F)(F)F)c1. The quantitative estimate of drug-likeness (QED) is 0.412. The fraction of sp³-hybridized carbons (Fsp3) is 0.167. The molecule has 1 aromatic heterocycles. The van der Waals surface area contributed by atoms with Crippen LogP contribution in [0.2, 0.25) is 0 Å². The molecular weight excluding hydrogens is 419 g/mol. The lowest BCUT2D eigenvalue weighted by atomic mass is 10.1. The van der Waals surface area contributed by atoms with Gasteiger partial charge in [0.15, 0.2) is 0 Å². The van der Waals surface area contributed by atoms with Crippen LogP contribution in [-0.2, 0) is 6.42 Å².